The zero-order chi connectivity index (χ0) is 19.6. The number of aromatic nitrogens is 2. The van der Waals surface area contributed by atoms with Crippen LogP contribution >= 0.6 is 0 Å². The van der Waals surface area contributed by atoms with Crippen LogP contribution in [0.5, 0.6) is 5.75 Å². The third-order valence-corrected chi connectivity index (χ3v) is 6.65. The first-order chi connectivity index (χ1) is 13.6. The standard InChI is InChI=1S/C22H33N5O/c1-24-14-8-22(9-15-24)18-26(12-5-11-25(22)2)17-19-16-20(28-3)6-7-21(19)27-13-4-10-23-27/h4,6-7,10,13,16H,5,8-9,11-12,14-15,17-18H2,1-3H3. The Labute approximate surface area is 168 Å². The summed E-state index contributed by atoms with van der Waals surface area (Å²) in [6.07, 6.45) is 7.57. The Morgan fingerprint density at radius 1 is 1.11 bits per heavy atom. The first kappa shape index (κ1) is 19.4. The maximum atomic E-state index is 5.52. The average molecular weight is 384 g/mol. The summed E-state index contributed by atoms with van der Waals surface area (Å²) in [5.74, 6) is 0.909. The molecule has 0 bridgehead atoms. The lowest BCUT2D eigenvalue weighted by atomic mass is 9.85. The Morgan fingerprint density at radius 3 is 2.64 bits per heavy atom. The van der Waals surface area contributed by atoms with Crippen LogP contribution in [0.1, 0.15) is 24.8 Å². The van der Waals surface area contributed by atoms with Gasteiger partial charge in [0.1, 0.15) is 5.75 Å². The maximum Gasteiger partial charge on any atom is 0.119 e. The molecule has 0 radical (unpaired) electrons. The fourth-order valence-corrected chi connectivity index (χ4v) is 4.79. The molecule has 0 N–H and O–H groups in total. The third-order valence-electron chi connectivity index (χ3n) is 6.65. The van der Waals surface area contributed by atoms with Crippen molar-refractivity contribution in [3.05, 3.63) is 42.2 Å². The highest BCUT2D eigenvalue weighted by Crippen LogP contribution is 2.32. The molecule has 3 heterocycles. The molecule has 6 heteroatoms. The number of ether oxygens (including phenoxy) is 1. The van der Waals surface area contributed by atoms with E-state index in [1.807, 2.05) is 29.2 Å². The molecule has 152 valence electrons. The van der Waals surface area contributed by atoms with Crippen molar-refractivity contribution >= 4 is 0 Å². The summed E-state index contributed by atoms with van der Waals surface area (Å²) in [5, 5.41) is 4.46. The maximum absolute atomic E-state index is 5.52. The molecule has 0 atom stereocenters. The second-order valence-electron chi connectivity index (χ2n) is 8.46. The molecule has 2 aliphatic rings. The van der Waals surface area contributed by atoms with Gasteiger partial charge in [-0.1, -0.05) is 0 Å². The van der Waals surface area contributed by atoms with Gasteiger partial charge in [-0.3, -0.25) is 9.80 Å². The molecule has 2 saturated heterocycles. The van der Waals surface area contributed by atoms with Crippen molar-refractivity contribution in [1.82, 2.24) is 24.5 Å². The Morgan fingerprint density at radius 2 is 1.93 bits per heavy atom. The van der Waals surface area contributed by atoms with E-state index in [-0.39, 0.29) is 0 Å². The first-order valence-electron chi connectivity index (χ1n) is 10.4. The monoisotopic (exact) mass is 383 g/mol. The van der Waals surface area contributed by atoms with Gasteiger partial charge in [-0.2, -0.15) is 5.10 Å². The van der Waals surface area contributed by atoms with Gasteiger partial charge < -0.3 is 9.64 Å². The lowest BCUT2D eigenvalue weighted by Gasteiger charge is -2.47. The molecule has 1 aromatic heterocycles. The van der Waals surface area contributed by atoms with Crippen LogP contribution < -0.4 is 4.74 Å². The molecule has 1 spiro atoms. The Bertz CT molecular complexity index is 767. The van der Waals surface area contributed by atoms with Gasteiger partial charge in [-0.25, -0.2) is 4.68 Å². The Hall–Kier alpha value is -1.89. The topological polar surface area (TPSA) is 36.8 Å². The van der Waals surface area contributed by atoms with E-state index < -0.39 is 0 Å². The number of nitrogens with zero attached hydrogens (tertiary/aromatic N) is 5. The zero-order valence-electron chi connectivity index (χ0n) is 17.5. The molecule has 0 saturated carbocycles. The molecule has 2 aliphatic heterocycles. The van der Waals surface area contributed by atoms with E-state index in [2.05, 4.69) is 46.0 Å². The summed E-state index contributed by atoms with van der Waals surface area (Å²) in [6, 6.07) is 8.29. The summed E-state index contributed by atoms with van der Waals surface area (Å²) >= 11 is 0. The van der Waals surface area contributed by atoms with Crippen LogP contribution in [0.25, 0.3) is 5.69 Å². The molecule has 28 heavy (non-hydrogen) atoms. The number of likely N-dealkylation sites (N-methyl/N-ethyl adjacent to an activating group) is 1. The lowest BCUT2D eigenvalue weighted by Crippen LogP contribution is -2.57. The number of hydrogen-bond donors (Lipinski definition) is 0. The summed E-state index contributed by atoms with van der Waals surface area (Å²) in [4.78, 5) is 7.75. The highest BCUT2D eigenvalue weighted by molar-refractivity contribution is 5.45. The highest BCUT2D eigenvalue weighted by atomic mass is 16.5. The molecule has 1 aromatic carbocycles. The second-order valence-corrected chi connectivity index (χ2v) is 8.46. The van der Waals surface area contributed by atoms with Crippen LogP contribution in [-0.4, -0.2) is 83.9 Å². The summed E-state index contributed by atoms with van der Waals surface area (Å²) in [6.45, 7) is 6.76. The van der Waals surface area contributed by atoms with Gasteiger partial charge in [-0.15, -0.1) is 0 Å². The van der Waals surface area contributed by atoms with Crippen molar-refractivity contribution in [2.75, 3.05) is 53.9 Å². The van der Waals surface area contributed by atoms with Crippen molar-refractivity contribution in [2.24, 2.45) is 0 Å². The van der Waals surface area contributed by atoms with E-state index in [0.717, 1.165) is 31.1 Å². The molecule has 0 unspecified atom stereocenters. The molecular formula is C22H33N5O. The van der Waals surface area contributed by atoms with Crippen LogP contribution in [0.4, 0.5) is 0 Å². The van der Waals surface area contributed by atoms with Crippen molar-refractivity contribution in [3.63, 3.8) is 0 Å². The van der Waals surface area contributed by atoms with Crippen LogP contribution in [0.3, 0.4) is 0 Å². The van der Waals surface area contributed by atoms with E-state index in [0.29, 0.717) is 5.54 Å². The molecule has 2 aromatic rings. The van der Waals surface area contributed by atoms with Crippen LogP contribution in [-0.2, 0) is 6.54 Å². The fourth-order valence-electron chi connectivity index (χ4n) is 4.79. The van der Waals surface area contributed by atoms with Crippen LogP contribution in [0.2, 0.25) is 0 Å². The molecule has 0 amide bonds. The molecule has 4 rings (SSSR count). The molecule has 2 fully saturated rings. The number of likely N-dealkylation sites (tertiary alicyclic amines) is 1. The number of benzene rings is 1. The van der Waals surface area contributed by atoms with E-state index in [1.54, 1.807) is 7.11 Å². The summed E-state index contributed by atoms with van der Waals surface area (Å²) in [7, 11) is 6.31. The van der Waals surface area contributed by atoms with Gasteiger partial charge >= 0.3 is 0 Å². The van der Waals surface area contributed by atoms with Gasteiger partial charge in [0.25, 0.3) is 0 Å². The average Bonchev–Trinajstić information content (AvgIpc) is 3.19. The summed E-state index contributed by atoms with van der Waals surface area (Å²) < 4.78 is 7.48. The summed E-state index contributed by atoms with van der Waals surface area (Å²) in [5.41, 5.74) is 2.71. The Balaban J connectivity index is 1.59. The second kappa shape index (κ2) is 8.23. The molecule has 0 aliphatic carbocycles. The number of hydrogen-bond acceptors (Lipinski definition) is 5. The van der Waals surface area contributed by atoms with Gasteiger partial charge in [-0.05, 0) is 89.4 Å². The van der Waals surface area contributed by atoms with Crippen LogP contribution in [0, 0.1) is 0 Å². The SMILES string of the molecule is COc1ccc(-n2cccn2)c(CN2CCCN(C)C3(CCN(C)CC3)C2)c1. The van der Waals surface area contributed by atoms with Crippen LogP contribution in [0.15, 0.2) is 36.7 Å². The Kier molecular flexibility index (Phi) is 5.71. The predicted molar refractivity (Wildman–Crippen MR) is 112 cm³/mol. The van der Waals surface area contributed by atoms with Crippen molar-refractivity contribution in [2.45, 2.75) is 31.3 Å². The van der Waals surface area contributed by atoms with E-state index in [4.69, 9.17) is 4.74 Å². The quantitative estimate of drug-likeness (QED) is 0.811. The molecular weight excluding hydrogens is 350 g/mol. The highest BCUT2D eigenvalue weighted by Gasteiger charge is 2.40. The van der Waals surface area contributed by atoms with E-state index in [1.165, 1.54) is 44.5 Å². The minimum atomic E-state index is 0.299. The minimum absolute atomic E-state index is 0.299. The van der Waals surface area contributed by atoms with E-state index in [9.17, 15) is 0 Å². The largest absolute Gasteiger partial charge is 0.497 e. The minimum Gasteiger partial charge on any atom is -0.497 e. The van der Waals surface area contributed by atoms with Crippen molar-refractivity contribution in [3.8, 4) is 11.4 Å². The first-order valence-corrected chi connectivity index (χ1v) is 10.4. The van der Waals surface area contributed by atoms with Crippen molar-refractivity contribution < 1.29 is 4.74 Å². The van der Waals surface area contributed by atoms with Gasteiger partial charge in [0.05, 0.1) is 12.8 Å². The van der Waals surface area contributed by atoms with Gasteiger partial charge in [0.2, 0.25) is 0 Å². The number of methoxy groups -OCH3 is 1. The number of rotatable bonds is 4. The third kappa shape index (κ3) is 3.95. The normalized spacial score (nSPS) is 21.7. The lowest BCUT2D eigenvalue weighted by molar-refractivity contribution is 0.0337. The van der Waals surface area contributed by atoms with E-state index >= 15 is 0 Å². The zero-order valence-corrected chi connectivity index (χ0v) is 17.5. The van der Waals surface area contributed by atoms with Crippen molar-refractivity contribution in [1.29, 1.82) is 0 Å². The predicted octanol–water partition coefficient (Wildman–Crippen LogP) is 2.48. The number of piperidine rings is 1. The van der Waals surface area contributed by atoms with Gasteiger partial charge in [0, 0.05) is 31.0 Å². The molecule has 6 nitrogen and oxygen atoms in total. The fraction of sp³-hybridized carbons (Fsp3) is 0.591. The smallest absolute Gasteiger partial charge is 0.119 e. The van der Waals surface area contributed by atoms with Gasteiger partial charge in [0.15, 0.2) is 0 Å².